The molecule has 0 aromatic heterocycles. The van der Waals surface area contributed by atoms with Crippen molar-refractivity contribution in [1.29, 1.82) is 0 Å². The normalized spacial score (nSPS) is 25.2. The van der Waals surface area contributed by atoms with Crippen LogP contribution in [0.5, 0.6) is 0 Å². The van der Waals surface area contributed by atoms with Crippen molar-refractivity contribution in [2.75, 3.05) is 26.0 Å². The molecule has 0 saturated carbocycles. The number of hydrogen-bond acceptors (Lipinski definition) is 5. The molecule has 1 rings (SSSR count). The monoisotopic (exact) mass is 293 g/mol. The van der Waals surface area contributed by atoms with Crippen LogP contribution in [0.1, 0.15) is 33.1 Å². The molecule has 1 aliphatic heterocycles. The van der Waals surface area contributed by atoms with Gasteiger partial charge in [-0.15, -0.1) is 0 Å². The molecular weight excluding hydrogens is 270 g/mol. The van der Waals surface area contributed by atoms with Gasteiger partial charge in [0.25, 0.3) is 0 Å². The van der Waals surface area contributed by atoms with Crippen LogP contribution < -0.4 is 0 Å². The smallest absolute Gasteiger partial charge is 0.305 e. The highest BCUT2D eigenvalue weighted by molar-refractivity contribution is 7.89. The molecule has 2 unspecified atom stereocenters. The Morgan fingerprint density at radius 1 is 1.47 bits per heavy atom. The first kappa shape index (κ1) is 16.4. The zero-order valence-corrected chi connectivity index (χ0v) is 12.6. The van der Waals surface area contributed by atoms with Crippen LogP contribution >= 0.6 is 0 Å². The molecule has 19 heavy (non-hydrogen) atoms. The summed E-state index contributed by atoms with van der Waals surface area (Å²) in [6.45, 7) is 4.64. The zero-order valence-electron chi connectivity index (χ0n) is 11.8. The number of esters is 1. The standard InChI is InChI=1S/C12H23NO5S/c1-4-11-9-18-10(2)8-13(11)19(15,16)7-5-6-12(14)17-3/h10-11H,4-9H2,1-3H3. The van der Waals surface area contributed by atoms with Crippen LogP contribution in [0.2, 0.25) is 0 Å². The molecule has 0 aliphatic carbocycles. The summed E-state index contributed by atoms with van der Waals surface area (Å²) < 4.78 is 36.1. The van der Waals surface area contributed by atoms with Crippen LogP contribution in [0.3, 0.4) is 0 Å². The van der Waals surface area contributed by atoms with Gasteiger partial charge in [0.1, 0.15) is 0 Å². The summed E-state index contributed by atoms with van der Waals surface area (Å²) in [4.78, 5) is 11.0. The highest BCUT2D eigenvalue weighted by atomic mass is 32.2. The van der Waals surface area contributed by atoms with E-state index >= 15 is 0 Å². The van der Waals surface area contributed by atoms with Crippen molar-refractivity contribution in [3.8, 4) is 0 Å². The van der Waals surface area contributed by atoms with E-state index in [4.69, 9.17) is 4.74 Å². The van der Waals surface area contributed by atoms with Gasteiger partial charge >= 0.3 is 5.97 Å². The Kier molecular flexibility index (Phi) is 6.22. The molecule has 0 aromatic carbocycles. The molecule has 1 heterocycles. The number of morpholine rings is 1. The second-order valence-corrected chi connectivity index (χ2v) is 6.81. The third kappa shape index (κ3) is 4.74. The van der Waals surface area contributed by atoms with Gasteiger partial charge in [-0.2, -0.15) is 4.31 Å². The zero-order chi connectivity index (χ0) is 14.5. The Morgan fingerprint density at radius 3 is 2.74 bits per heavy atom. The van der Waals surface area contributed by atoms with E-state index in [1.54, 1.807) is 0 Å². The summed E-state index contributed by atoms with van der Waals surface area (Å²) in [6.07, 6.45) is 1.06. The molecule has 0 bridgehead atoms. The van der Waals surface area contributed by atoms with Crippen molar-refractivity contribution >= 4 is 16.0 Å². The minimum Gasteiger partial charge on any atom is -0.469 e. The summed E-state index contributed by atoms with van der Waals surface area (Å²) in [5, 5.41) is 0. The Labute approximate surface area is 115 Å². The Hall–Kier alpha value is -0.660. The molecule has 0 aromatic rings. The van der Waals surface area contributed by atoms with Gasteiger partial charge in [-0.25, -0.2) is 8.42 Å². The number of carbonyl (C=O) groups is 1. The van der Waals surface area contributed by atoms with Crippen molar-refractivity contribution < 1.29 is 22.7 Å². The van der Waals surface area contributed by atoms with Crippen molar-refractivity contribution in [2.24, 2.45) is 0 Å². The van der Waals surface area contributed by atoms with E-state index in [0.717, 1.165) is 6.42 Å². The number of ether oxygens (including phenoxy) is 2. The molecule has 1 aliphatic rings. The van der Waals surface area contributed by atoms with Crippen molar-refractivity contribution in [3.05, 3.63) is 0 Å². The quantitative estimate of drug-likeness (QED) is 0.676. The van der Waals surface area contributed by atoms with Crippen molar-refractivity contribution in [1.82, 2.24) is 4.31 Å². The summed E-state index contributed by atoms with van der Waals surface area (Å²) >= 11 is 0. The number of sulfonamides is 1. The van der Waals surface area contributed by atoms with E-state index in [0.29, 0.717) is 13.2 Å². The van der Waals surface area contributed by atoms with Crippen LogP contribution in [0, 0.1) is 0 Å². The van der Waals surface area contributed by atoms with Crippen LogP contribution in [0.25, 0.3) is 0 Å². The van der Waals surface area contributed by atoms with E-state index in [1.165, 1.54) is 11.4 Å². The largest absolute Gasteiger partial charge is 0.469 e. The van der Waals surface area contributed by atoms with Gasteiger partial charge < -0.3 is 9.47 Å². The maximum atomic E-state index is 12.3. The Bertz CT molecular complexity index is 395. The molecule has 2 atom stereocenters. The highest BCUT2D eigenvalue weighted by Crippen LogP contribution is 2.19. The molecule has 1 saturated heterocycles. The summed E-state index contributed by atoms with van der Waals surface area (Å²) in [5.74, 6) is -0.400. The first-order chi connectivity index (χ1) is 8.90. The fraction of sp³-hybridized carbons (Fsp3) is 0.917. The van der Waals surface area contributed by atoms with E-state index in [2.05, 4.69) is 4.74 Å². The van der Waals surface area contributed by atoms with E-state index < -0.39 is 10.0 Å². The lowest BCUT2D eigenvalue weighted by atomic mass is 10.2. The van der Waals surface area contributed by atoms with Gasteiger partial charge in [0.2, 0.25) is 10.0 Å². The summed E-state index contributed by atoms with van der Waals surface area (Å²) in [6, 6.07) is -0.0978. The predicted molar refractivity (Wildman–Crippen MR) is 71.2 cm³/mol. The SMILES string of the molecule is CCC1COC(C)CN1S(=O)(=O)CCCC(=O)OC. The molecule has 0 N–H and O–H groups in total. The highest BCUT2D eigenvalue weighted by Gasteiger charge is 2.34. The Balaban J connectivity index is 2.60. The number of methoxy groups -OCH3 is 1. The molecule has 7 heteroatoms. The van der Waals surface area contributed by atoms with Gasteiger partial charge in [-0.05, 0) is 19.8 Å². The fourth-order valence-corrected chi connectivity index (χ4v) is 3.94. The molecular formula is C12H23NO5S. The second kappa shape index (κ2) is 7.21. The molecule has 0 spiro atoms. The molecule has 0 radical (unpaired) electrons. The van der Waals surface area contributed by atoms with Gasteiger partial charge in [-0.3, -0.25) is 4.79 Å². The van der Waals surface area contributed by atoms with E-state index in [1.807, 2.05) is 13.8 Å². The van der Waals surface area contributed by atoms with E-state index in [-0.39, 0.29) is 36.7 Å². The number of rotatable bonds is 6. The maximum absolute atomic E-state index is 12.3. The predicted octanol–water partition coefficient (Wildman–Crippen LogP) is 0.769. The lowest BCUT2D eigenvalue weighted by molar-refractivity contribution is -0.140. The first-order valence-corrected chi connectivity index (χ1v) is 8.19. The summed E-state index contributed by atoms with van der Waals surface area (Å²) in [7, 11) is -2.04. The molecule has 112 valence electrons. The molecule has 0 amide bonds. The minimum absolute atomic E-state index is 0.0225. The van der Waals surface area contributed by atoms with Gasteiger partial charge in [-0.1, -0.05) is 6.92 Å². The van der Waals surface area contributed by atoms with Gasteiger partial charge in [0.15, 0.2) is 0 Å². The van der Waals surface area contributed by atoms with Crippen LogP contribution in [-0.4, -0.2) is 56.9 Å². The first-order valence-electron chi connectivity index (χ1n) is 6.58. The average Bonchev–Trinajstić information content (AvgIpc) is 2.38. The summed E-state index contributed by atoms with van der Waals surface area (Å²) in [5.41, 5.74) is 0. The van der Waals surface area contributed by atoms with Crippen LogP contribution in [0.4, 0.5) is 0 Å². The number of carbonyl (C=O) groups excluding carboxylic acids is 1. The number of nitrogens with zero attached hydrogens (tertiary/aromatic N) is 1. The third-order valence-electron chi connectivity index (χ3n) is 3.26. The maximum Gasteiger partial charge on any atom is 0.305 e. The second-order valence-electron chi connectivity index (χ2n) is 4.77. The molecule has 1 fully saturated rings. The lowest BCUT2D eigenvalue weighted by Crippen LogP contribution is -2.51. The van der Waals surface area contributed by atoms with Crippen LogP contribution in [0.15, 0.2) is 0 Å². The topological polar surface area (TPSA) is 72.9 Å². The fourth-order valence-electron chi connectivity index (χ4n) is 2.09. The third-order valence-corrected chi connectivity index (χ3v) is 5.22. The number of hydrogen-bond donors (Lipinski definition) is 0. The Morgan fingerprint density at radius 2 is 2.16 bits per heavy atom. The van der Waals surface area contributed by atoms with E-state index in [9.17, 15) is 13.2 Å². The van der Waals surface area contributed by atoms with Crippen molar-refractivity contribution in [3.63, 3.8) is 0 Å². The lowest BCUT2D eigenvalue weighted by Gasteiger charge is -2.37. The van der Waals surface area contributed by atoms with Crippen molar-refractivity contribution in [2.45, 2.75) is 45.3 Å². The molecule has 6 nitrogen and oxygen atoms in total. The van der Waals surface area contributed by atoms with Crippen LogP contribution in [-0.2, 0) is 24.3 Å². The minimum atomic E-state index is -3.34. The van der Waals surface area contributed by atoms with Gasteiger partial charge in [0.05, 0.1) is 25.6 Å². The average molecular weight is 293 g/mol. The van der Waals surface area contributed by atoms with Gasteiger partial charge in [0, 0.05) is 19.0 Å².